The lowest BCUT2D eigenvalue weighted by Crippen LogP contribution is -2.52. The van der Waals surface area contributed by atoms with Gasteiger partial charge in [-0.2, -0.15) is 0 Å². The molecule has 0 saturated carbocycles. The van der Waals surface area contributed by atoms with Crippen LogP contribution in [0, 0.1) is 0 Å². The predicted molar refractivity (Wildman–Crippen MR) is 94.4 cm³/mol. The van der Waals surface area contributed by atoms with Crippen LogP contribution in [0.15, 0.2) is 28.7 Å². The van der Waals surface area contributed by atoms with Gasteiger partial charge in [-0.15, -0.1) is 0 Å². The van der Waals surface area contributed by atoms with Gasteiger partial charge in [0, 0.05) is 25.6 Å². The van der Waals surface area contributed by atoms with Gasteiger partial charge in [0.15, 0.2) is 11.5 Å². The molecule has 0 bridgehead atoms. The van der Waals surface area contributed by atoms with Gasteiger partial charge in [0.2, 0.25) is 5.91 Å². The average molecular weight is 343 g/mol. The summed E-state index contributed by atoms with van der Waals surface area (Å²) in [7, 11) is 0. The number of para-hydroxylation sites is 2. The molecule has 0 N–H and O–H groups in total. The van der Waals surface area contributed by atoms with Crippen molar-refractivity contribution in [2.75, 3.05) is 39.4 Å². The Morgan fingerprint density at radius 1 is 1.24 bits per heavy atom. The van der Waals surface area contributed by atoms with Gasteiger partial charge < -0.3 is 14.1 Å². The van der Waals surface area contributed by atoms with Crippen LogP contribution in [0.25, 0.3) is 11.1 Å². The third-order valence-electron chi connectivity index (χ3n) is 5.34. The van der Waals surface area contributed by atoms with E-state index in [9.17, 15) is 4.79 Å². The number of rotatable bonds is 3. The second kappa shape index (κ2) is 7.14. The molecule has 2 aliphatic rings. The number of piperidine rings is 1. The van der Waals surface area contributed by atoms with E-state index in [0.29, 0.717) is 26.3 Å². The molecule has 134 valence electrons. The molecule has 25 heavy (non-hydrogen) atoms. The first-order valence-electron chi connectivity index (χ1n) is 9.18. The summed E-state index contributed by atoms with van der Waals surface area (Å²) < 4.78 is 11.3. The van der Waals surface area contributed by atoms with Gasteiger partial charge in [-0.3, -0.25) is 9.69 Å². The fourth-order valence-electron chi connectivity index (χ4n) is 3.83. The van der Waals surface area contributed by atoms with Crippen LogP contribution in [0.5, 0.6) is 0 Å². The summed E-state index contributed by atoms with van der Waals surface area (Å²) in [5.41, 5.74) is 1.75. The van der Waals surface area contributed by atoms with E-state index in [0.717, 1.165) is 42.9 Å². The summed E-state index contributed by atoms with van der Waals surface area (Å²) in [6.45, 7) is 6.48. The Bertz CT molecular complexity index is 705. The number of benzene rings is 1. The molecular weight excluding hydrogens is 318 g/mol. The van der Waals surface area contributed by atoms with E-state index in [4.69, 9.17) is 9.15 Å². The molecule has 2 aromatic rings. The Morgan fingerprint density at radius 2 is 2.04 bits per heavy atom. The highest BCUT2D eigenvalue weighted by atomic mass is 16.5. The number of hydrogen-bond donors (Lipinski definition) is 0. The normalized spacial score (nSPS) is 23.7. The molecule has 2 saturated heterocycles. The quantitative estimate of drug-likeness (QED) is 0.855. The Kier molecular flexibility index (Phi) is 4.72. The molecule has 1 aromatic heterocycles. The molecule has 2 aliphatic heterocycles. The minimum Gasteiger partial charge on any atom is -0.440 e. The maximum Gasteiger partial charge on any atom is 0.239 e. The van der Waals surface area contributed by atoms with E-state index in [-0.39, 0.29) is 17.9 Å². The predicted octanol–water partition coefficient (Wildman–Crippen LogP) is 2.25. The van der Waals surface area contributed by atoms with Crippen LogP contribution in [-0.4, -0.2) is 66.1 Å². The number of morpholine rings is 1. The van der Waals surface area contributed by atoms with Crippen LogP contribution < -0.4 is 0 Å². The van der Waals surface area contributed by atoms with Gasteiger partial charge >= 0.3 is 0 Å². The largest absolute Gasteiger partial charge is 0.440 e. The third kappa shape index (κ3) is 3.41. The van der Waals surface area contributed by atoms with E-state index < -0.39 is 0 Å². The van der Waals surface area contributed by atoms with Crippen LogP contribution in [0.3, 0.4) is 0 Å². The van der Waals surface area contributed by atoms with Crippen LogP contribution in [0.1, 0.15) is 31.6 Å². The highest BCUT2D eigenvalue weighted by molar-refractivity contribution is 5.81. The van der Waals surface area contributed by atoms with E-state index in [1.54, 1.807) is 0 Å². The Hall–Kier alpha value is -1.92. The van der Waals surface area contributed by atoms with Crippen LogP contribution >= 0.6 is 0 Å². The molecule has 1 aromatic carbocycles. The molecule has 0 aliphatic carbocycles. The highest BCUT2D eigenvalue weighted by Gasteiger charge is 2.32. The van der Waals surface area contributed by atoms with Gasteiger partial charge in [0.25, 0.3) is 0 Å². The minimum atomic E-state index is -0.106. The zero-order valence-electron chi connectivity index (χ0n) is 14.7. The second-order valence-electron chi connectivity index (χ2n) is 6.97. The van der Waals surface area contributed by atoms with Gasteiger partial charge in [-0.1, -0.05) is 12.1 Å². The SMILES string of the molecule is C[C@H](C(=O)N1CCOCC1)N1CCC[C@@H](c2nc3ccccc3o2)C1. The van der Waals surface area contributed by atoms with Gasteiger partial charge in [0.05, 0.1) is 19.3 Å². The van der Waals surface area contributed by atoms with Crippen molar-refractivity contribution in [1.82, 2.24) is 14.8 Å². The summed E-state index contributed by atoms with van der Waals surface area (Å²) >= 11 is 0. The molecule has 1 amide bonds. The second-order valence-corrected chi connectivity index (χ2v) is 6.97. The standard InChI is InChI=1S/C19H25N3O3/c1-14(19(23)21-9-11-24-12-10-21)22-8-4-5-15(13-22)18-20-16-6-2-3-7-17(16)25-18/h2-3,6-7,14-15H,4-5,8-13H2,1H3/t14-,15-/m1/s1. The van der Waals surface area contributed by atoms with Crippen LogP contribution in [0.2, 0.25) is 0 Å². The molecule has 2 atom stereocenters. The van der Waals surface area contributed by atoms with Gasteiger partial charge in [-0.25, -0.2) is 4.98 Å². The van der Waals surface area contributed by atoms with Gasteiger partial charge in [-0.05, 0) is 38.4 Å². The number of oxazole rings is 1. The average Bonchev–Trinajstić information content (AvgIpc) is 3.12. The number of ether oxygens (including phenoxy) is 1. The Balaban J connectivity index is 1.45. The van der Waals surface area contributed by atoms with Crippen molar-refractivity contribution in [2.45, 2.75) is 31.7 Å². The van der Waals surface area contributed by atoms with E-state index >= 15 is 0 Å². The van der Waals surface area contributed by atoms with Crippen molar-refractivity contribution in [2.24, 2.45) is 0 Å². The van der Waals surface area contributed by atoms with Crippen molar-refractivity contribution in [3.05, 3.63) is 30.2 Å². The lowest BCUT2D eigenvalue weighted by Gasteiger charge is -2.38. The number of hydrogen-bond acceptors (Lipinski definition) is 5. The van der Waals surface area contributed by atoms with E-state index in [1.165, 1.54) is 0 Å². The summed E-state index contributed by atoms with van der Waals surface area (Å²) in [5.74, 6) is 1.26. The van der Waals surface area contributed by atoms with E-state index in [1.807, 2.05) is 36.1 Å². The van der Waals surface area contributed by atoms with Crippen molar-refractivity contribution in [1.29, 1.82) is 0 Å². The number of likely N-dealkylation sites (tertiary alicyclic amines) is 1. The molecule has 0 spiro atoms. The molecule has 6 nitrogen and oxygen atoms in total. The lowest BCUT2D eigenvalue weighted by atomic mass is 9.96. The van der Waals surface area contributed by atoms with Crippen LogP contribution in [-0.2, 0) is 9.53 Å². The zero-order chi connectivity index (χ0) is 17.2. The number of amides is 1. The Labute approximate surface area is 147 Å². The van der Waals surface area contributed by atoms with Crippen LogP contribution in [0.4, 0.5) is 0 Å². The minimum absolute atomic E-state index is 0.106. The maximum absolute atomic E-state index is 12.8. The maximum atomic E-state index is 12.8. The van der Waals surface area contributed by atoms with E-state index in [2.05, 4.69) is 9.88 Å². The smallest absolute Gasteiger partial charge is 0.239 e. The van der Waals surface area contributed by atoms with Crippen molar-refractivity contribution in [3.8, 4) is 0 Å². The first-order valence-corrected chi connectivity index (χ1v) is 9.18. The highest BCUT2D eigenvalue weighted by Crippen LogP contribution is 2.30. The zero-order valence-corrected chi connectivity index (χ0v) is 14.7. The molecular formula is C19H25N3O3. The lowest BCUT2D eigenvalue weighted by molar-refractivity contribution is -0.141. The molecule has 6 heteroatoms. The first-order chi connectivity index (χ1) is 12.2. The number of nitrogens with zero attached hydrogens (tertiary/aromatic N) is 3. The Morgan fingerprint density at radius 3 is 2.84 bits per heavy atom. The van der Waals surface area contributed by atoms with Crippen molar-refractivity contribution in [3.63, 3.8) is 0 Å². The topological polar surface area (TPSA) is 58.8 Å². The molecule has 2 fully saturated rings. The molecule has 0 unspecified atom stereocenters. The monoisotopic (exact) mass is 343 g/mol. The third-order valence-corrected chi connectivity index (χ3v) is 5.34. The summed E-state index contributed by atoms with van der Waals surface area (Å²) in [5, 5.41) is 0. The fourth-order valence-corrected chi connectivity index (χ4v) is 3.83. The summed E-state index contributed by atoms with van der Waals surface area (Å²) in [6.07, 6.45) is 2.12. The number of carbonyl (C=O) groups excluding carboxylic acids is 1. The van der Waals surface area contributed by atoms with Gasteiger partial charge in [0.1, 0.15) is 5.52 Å². The molecule has 0 radical (unpaired) electrons. The number of aromatic nitrogens is 1. The fraction of sp³-hybridized carbons (Fsp3) is 0.579. The molecule has 4 rings (SSSR count). The summed E-state index contributed by atoms with van der Waals surface area (Å²) in [4.78, 5) is 21.6. The summed E-state index contributed by atoms with van der Waals surface area (Å²) in [6, 6.07) is 7.77. The number of carbonyl (C=O) groups is 1. The molecule has 3 heterocycles. The number of fused-ring (bicyclic) bond motifs is 1. The van der Waals surface area contributed by atoms with Crippen molar-refractivity contribution < 1.29 is 13.9 Å². The first kappa shape index (κ1) is 16.5. The van der Waals surface area contributed by atoms with Crippen molar-refractivity contribution >= 4 is 17.0 Å².